The summed E-state index contributed by atoms with van der Waals surface area (Å²) in [5, 5.41) is 17.7. The molecule has 0 bridgehead atoms. The van der Waals surface area contributed by atoms with Crippen molar-refractivity contribution < 1.29 is 23.4 Å². The Bertz CT molecular complexity index is 485. The van der Waals surface area contributed by atoms with Gasteiger partial charge in [-0.3, -0.25) is 0 Å². The Balaban J connectivity index is 3.39. The van der Waals surface area contributed by atoms with Crippen molar-refractivity contribution in [1.29, 1.82) is 5.26 Å². The molecule has 0 radical (unpaired) electrons. The Labute approximate surface area is 104 Å². The number of benzene rings is 1. The van der Waals surface area contributed by atoms with E-state index in [2.05, 4.69) is 20.7 Å². The highest BCUT2D eigenvalue weighted by Crippen LogP contribution is 2.28. The third-order valence-electron chi connectivity index (χ3n) is 1.96. The molecule has 0 aliphatic rings. The molecule has 0 spiro atoms. The van der Waals surface area contributed by atoms with Gasteiger partial charge in [-0.2, -0.15) is 14.0 Å². The Morgan fingerprint density at radius 2 is 2.24 bits per heavy atom. The topological polar surface area (TPSA) is 70.3 Å². The predicted octanol–water partition coefficient (Wildman–Crippen LogP) is 2.75. The van der Waals surface area contributed by atoms with Gasteiger partial charge in [0.25, 0.3) is 0 Å². The summed E-state index contributed by atoms with van der Waals surface area (Å²) in [6.45, 7) is -3.03. The molecule has 90 valence electrons. The van der Waals surface area contributed by atoms with E-state index in [4.69, 9.17) is 10.4 Å². The van der Waals surface area contributed by atoms with E-state index in [1.54, 1.807) is 6.07 Å². The third-order valence-corrected chi connectivity index (χ3v) is 2.52. The lowest BCUT2D eigenvalue weighted by atomic mass is 10.0. The minimum Gasteiger partial charge on any atom is -0.478 e. The molecule has 0 saturated carbocycles. The van der Waals surface area contributed by atoms with Gasteiger partial charge in [0, 0.05) is 10.9 Å². The number of hydrogen-bond donors (Lipinski definition) is 1. The highest BCUT2D eigenvalue weighted by molar-refractivity contribution is 9.08. The van der Waals surface area contributed by atoms with Crippen molar-refractivity contribution in [1.82, 2.24) is 0 Å². The average Bonchev–Trinajstić information content (AvgIpc) is 2.26. The highest BCUT2D eigenvalue weighted by Gasteiger charge is 2.19. The number of alkyl halides is 3. The van der Waals surface area contributed by atoms with Crippen LogP contribution in [0.15, 0.2) is 12.1 Å². The number of nitriles is 1. The molecule has 0 aromatic heterocycles. The second-order valence-corrected chi connectivity index (χ2v) is 3.45. The van der Waals surface area contributed by atoms with Crippen molar-refractivity contribution in [3.05, 3.63) is 28.8 Å². The first-order valence-corrected chi connectivity index (χ1v) is 5.43. The molecule has 1 N–H and O–H groups in total. The van der Waals surface area contributed by atoms with Crippen molar-refractivity contribution >= 4 is 21.9 Å². The fourth-order valence-corrected chi connectivity index (χ4v) is 1.83. The summed E-state index contributed by atoms with van der Waals surface area (Å²) in [7, 11) is 0. The van der Waals surface area contributed by atoms with Crippen LogP contribution in [0.4, 0.5) is 8.78 Å². The maximum absolute atomic E-state index is 12.1. The van der Waals surface area contributed by atoms with Gasteiger partial charge < -0.3 is 9.84 Å². The standard InChI is InChI=1S/C10H6BrF2NO3/c11-3-6-7(4-14)5(9(15)16)1-2-8(6)17-10(12)13/h1-2,10H,3H2,(H,15,16). The number of aromatic carboxylic acids is 1. The molecule has 7 heteroatoms. The van der Waals surface area contributed by atoms with E-state index < -0.39 is 12.6 Å². The molecule has 1 aromatic carbocycles. The minimum atomic E-state index is -3.03. The van der Waals surface area contributed by atoms with Gasteiger partial charge in [0.15, 0.2) is 0 Å². The van der Waals surface area contributed by atoms with Crippen LogP contribution in [-0.2, 0) is 5.33 Å². The highest BCUT2D eigenvalue weighted by atomic mass is 79.9. The van der Waals surface area contributed by atoms with Gasteiger partial charge in [0.1, 0.15) is 11.8 Å². The molecule has 1 rings (SSSR count). The van der Waals surface area contributed by atoms with Crippen molar-refractivity contribution in [2.75, 3.05) is 0 Å². The van der Waals surface area contributed by atoms with Crippen LogP contribution in [0.1, 0.15) is 21.5 Å². The number of carbonyl (C=O) groups is 1. The zero-order valence-electron chi connectivity index (χ0n) is 8.28. The Kier molecular flexibility index (Phi) is 4.40. The molecular formula is C10H6BrF2NO3. The lowest BCUT2D eigenvalue weighted by Gasteiger charge is -2.11. The van der Waals surface area contributed by atoms with E-state index in [1.807, 2.05) is 0 Å². The molecule has 0 atom stereocenters. The van der Waals surface area contributed by atoms with Crippen molar-refractivity contribution in [3.8, 4) is 11.8 Å². The van der Waals surface area contributed by atoms with Gasteiger partial charge in [-0.25, -0.2) is 4.79 Å². The van der Waals surface area contributed by atoms with Crippen LogP contribution >= 0.6 is 15.9 Å². The van der Waals surface area contributed by atoms with Gasteiger partial charge in [-0.05, 0) is 12.1 Å². The molecule has 0 saturated heterocycles. The maximum atomic E-state index is 12.1. The molecule has 0 unspecified atom stereocenters. The van der Waals surface area contributed by atoms with Crippen LogP contribution in [0.2, 0.25) is 0 Å². The van der Waals surface area contributed by atoms with Crippen molar-refractivity contribution in [2.24, 2.45) is 0 Å². The second kappa shape index (κ2) is 5.59. The van der Waals surface area contributed by atoms with Gasteiger partial charge in [0.2, 0.25) is 0 Å². The quantitative estimate of drug-likeness (QED) is 0.868. The van der Waals surface area contributed by atoms with E-state index in [0.717, 1.165) is 12.1 Å². The number of hydrogen-bond acceptors (Lipinski definition) is 3. The number of rotatable bonds is 4. The Morgan fingerprint density at radius 3 is 2.65 bits per heavy atom. The fraction of sp³-hybridized carbons (Fsp3) is 0.200. The Hall–Kier alpha value is -1.68. The first kappa shape index (κ1) is 13.4. The summed E-state index contributed by atoms with van der Waals surface area (Å²) in [6, 6.07) is 3.84. The first-order chi connectivity index (χ1) is 8.01. The van der Waals surface area contributed by atoms with Gasteiger partial charge in [0.05, 0.1) is 11.1 Å². The largest absolute Gasteiger partial charge is 0.478 e. The van der Waals surface area contributed by atoms with Crippen molar-refractivity contribution in [2.45, 2.75) is 11.9 Å². The molecule has 17 heavy (non-hydrogen) atoms. The number of halogens is 3. The van der Waals surface area contributed by atoms with Gasteiger partial charge >= 0.3 is 12.6 Å². The minimum absolute atomic E-state index is 0.0407. The van der Waals surface area contributed by atoms with Crippen LogP contribution in [0.5, 0.6) is 5.75 Å². The predicted molar refractivity (Wildman–Crippen MR) is 57.4 cm³/mol. The van der Waals surface area contributed by atoms with Crippen LogP contribution in [0.25, 0.3) is 0 Å². The fourth-order valence-electron chi connectivity index (χ4n) is 1.27. The second-order valence-electron chi connectivity index (χ2n) is 2.89. The molecule has 0 fully saturated rings. The molecule has 0 aliphatic heterocycles. The van der Waals surface area contributed by atoms with Crippen molar-refractivity contribution in [3.63, 3.8) is 0 Å². The first-order valence-electron chi connectivity index (χ1n) is 4.31. The summed E-state index contributed by atoms with van der Waals surface area (Å²) in [6.07, 6.45) is 0. The van der Waals surface area contributed by atoms with E-state index in [-0.39, 0.29) is 27.8 Å². The smallest absolute Gasteiger partial charge is 0.387 e. The van der Waals surface area contributed by atoms with E-state index in [0.29, 0.717) is 0 Å². The summed E-state index contributed by atoms with van der Waals surface area (Å²) in [5.41, 5.74) is -0.344. The molecule has 0 amide bonds. The normalized spacial score (nSPS) is 10.1. The van der Waals surface area contributed by atoms with E-state index in [1.165, 1.54) is 0 Å². The molecule has 4 nitrogen and oxygen atoms in total. The lowest BCUT2D eigenvalue weighted by Crippen LogP contribution is -2.08. The molecule has 0 aliphatic carbocycles. The summed E-state index contributed by atoms with van der Waals surface area (Å²) >= 11 is 3.00. The van der Waals surface area contributed by atoms with E-state index in [9.17, 15) is 13.6 Å². The summed E-state index contributed by atoms with van der Waals surface area (Å²) in [4.78, 5) is 10.8. The van der Waals surface area contributed by atoms with Gasteiger partial charge in [-0.15, -0.1) is 0 Å². The van der Waals surface area contributed by atoms with Crippen LogP contribution in [-0.4, -0.2) is 17.7 Å². The summed E-state index contributed by atoms with van der Waals surface area (Å²) in [5.74, 6) is -1.51. The van der Waals surface area contributed by atoms with E-state index >= 15 is 0 Å². The Morgan fingerprint density at radius 1 is 1.59 bits per heavy atom. The third kappa shape index (κ3) is 2.91. The molecular weight excluding hydrogens is 300 g/mol. The number of carboxylic acids is 1. The molecule has 1 aromatic rings. The average molecular weight is 306 g/mol. The summed E-state index contributed by atoms with van der Waals surface area (Å²) < 4.78 is 28.4. The van der Waals surface area contributed by atoms with Crippen LogP contribution in [0, 0.1) is 11.3 Å². The number of carboxylic acid groups (broad SMARTS) is 1. The number of nitrogens with zero attached hydrogens (tertiary/aromatic N) is 1. The lowest BCUT2D eigenvalue weighted by molar-refractivity contribution is -0.0503. The SMILES string of the molecule is N#Cc1c(C(=O)O)ccc(OC(F)F)c1CBr. The van der Waals surface area contributed by atoms with Gasteiger partial charge in [-0.1, -0.05) is 15.9 Å². The zero-order valence-corrected chi connectivity index (χ0v) is 9.87. The monoisotopic (exact) mass is 305 g/mol. The zero-order chi connectivity index (χ0) is 13.0. The molecule has 0 heterocycles. The van der Waals surface area contributed by atoms with Crippen LogP contribution < -0.4 is 4.74 Å². The number of ether oxygens (including phenoxy) is 1. The maximum Gasteiger partial charge on any atom is 0.387 e. The van der Waals surface area contributed by atoms with Crippen LogP contribution in [0.3, 0.4) is 0 Å².